The monoisotopic (exact) mass is 324 g/mol. The maximum atomic E-state index is 12.7. The first-order valence-corrected chi connectivity index (χ1v) is 7.05. The van der Waals surface area contributed by atoms with E-state index in [2.05, 4.69) is 26.1 Å². The number of carbonyl (C=O) groups excluding carboxylic acids is 1. The molecule has 0 amide bonds. The van der Waals surface area contributed by atoms with Gasteiger partial charge >= 0.3 is 0 Å². The van der Waals surface area contributed by atoms with E-state index >= 15 is 0 Å². The van der Waals surface area contributed by atoms with Crippen molar-refractivity contribution in [2.45, 2.75) is 33.2 Å². The van der Waals surface area contributed by atoms with Crippen LogP contribution in [0.15, 0.2) is 16.7 Å². The first-order chi connectivity index (χ1) is 8.95. The second kappa shape index (κ2) is 5.28. The van der Waals surface area contributed by atoms with Gasteiger partial charge in [0.05, 0.1) is 16.4 Å². The van der Waals surface area contributed by atoms with Crippen LogP contribution in [0.3, 0.4) is 0 Å². The van der Waals surface area contributed by atoms with Crippen LogP contribution in [-0.4, -0.2) is 25.3 Å². The molecule has 102 valence electrons. The van der Waals surface area contributed by atoms with E-state index in [1.54, 1.807) is 22.6 Å². The van der Waals surface area contributed by atoms with Gasteiger partial charge in [0.25, 0.3) is 0 Å². The molecule has 5 nitrogen and oxygen atoms in total. The molecule has 0 fully saturated rings. The van der Waals surface area contributed by atoms with Crippen molar-refractivity contribution in [1.82, 2.24) is 19.6 Å². The third-order valence-electron chi connectivity index (χ3n) is 2.98. The van der Waals surface area contributed by atoms with Crippen LogP contribution in [0.25, 0.3) is 0 Å². The molecule has 0 radical (unpaired) electrons. The Bertz CT molecular complexity index is 612. The van der Waals surface area contributed by atoms with Gasteiger partial charge in [-0.1, -0.05) is 6.92 Å². The lowest BCUT2D eigenvalue weighted by Crippen LogP contribution is -2.16. The van der Waals surface area contributed by atoms with E-state index in [4.69, 9.17) is 0 Å². The Kier molecular flexibility index (Phi) is 3.89. The normalized spacial score (nSPS) is 11.3. The van der Waals surface area contributed by atoms with Crippen LogP contribution in [0.4, 0.5) is 0 Å². The van der Waals surface area contributed by atoms with Crippen LogP contribution in [0.5, 0.6) is 0 Å². The third-order valence-corrected chi connectivity index (χ3v) is 3.56. The van der Waals surface area contributed by atoms with E-state index in [9.17, 15) is 4.79 Å². The number of aryl methyl sites for hydroxylation is 2. The van der Waals surface area contributed by atoms with Gasteiger partial charge in [0.2, 0.25) is 5.78 Å². The Morgan fingerprint density at radius 3 is 2.68 bits per heavy atom. The predicted octanol–water partition coefficient (Wildman–Crippen LogP) is 2.75. The average Bonchev–Trinajstić information content (AvgIpc) is 2.91. The molecule has 0 N–H and O–H groups in total. The SMILES string of the molecule is CCc1cc(C(=O)c2c(Br)cnn2C(C)C)n(C)n1. The van der Waals surface area contributed by atoms with E-state index < -0.39 is 0 Å². The molecule has 0 spiro atoms. The summed E-state index contributed by atoms with van der Waals surface area (Å²) >= 11 is 3.40. The molecule has 0 atom stereocenters. The van der Waals surface area contributed by atoms with Crippen molar-refractivity contribution in [1.29, 1.82) is 0 Å². The summed E-state index contributed by atoms with van der Waals surface area (Å²) in [5.74, 6) is -0.0622. The Labute approximate surface area is 120 Å². The predicted molar refractivity (Wildman–Crippen MR) is 76.3 cm³/mol. The van der Waals surface area contributed by atoms with E-state index in [0.717, 1.165) is 12.1 Å². The Morgan fingerprint density at radius 2 is 2.16 bits per heavy atom. The van der Waals surface area contributed by atoms with Crippen molar-refractivity contribution in [3.63, 3.8) is 0 Å². The summed E-state index contributed by atoms with van der Waals surface area (Å²) in [6, 6.07) is 1.97. The number of nitrogens with zero attached hydrogens (tertiary/aromatic N) is 4. The number of carbonyl (C=O) groups is 1. The van der Waals surface area contributed by atoms with Crippen molar-refractivity contribution < 1.29 is 4.79 Å². The quantitative estimate of drug-likeness (QED) is 0.812. The van der Waals surface area contributed by atoms with Gasteiger partial charge in [0.1, 0.15) is 11.4 Å². The van der Waals surface area contributed by atoms with Gasteiger partial charge in [0, 0.05) is 13.1 Å². The fourth-order valence-corrected chi connectivity index (χ4v) is 2.43. The first kappa shape index (κ1) is 14.0. The van der Waals surface area contributed by atoms with Crippen LogP contribution in [0.2, 0.25) is 0 Å². The highest BCUT2D eigenvalue weighted by atomic mass is 79.9. The van der Waals surface area contributed by atoms with Crippen molar-refractivity contribution >= 4 is 21.7 Å². The molecular formula is C13H17BrN4O. The molecule has 0 aromatic carbocycles. The summed E-state index contributed by atoms with van der Waals surface area (Å²) in [6.45, 7) is 6.01. The summed E-state index contributed by atoms with van der Waals surface area (Å²) in [5, 5.41) is 8.55. The molecule has 0 saturated carbocycles. The zero-order valence-electron chi connectivity index (χ0n) is 11.5. The molecule has 0 aliphatic heterocycles. The highest BCUT2D eigenvalue weighted by molar-refractivity contribution is 9.10. The Hall–Kier alpha value is -1.43. The lowest BCUT2D eigenvalue weighted by Gasteiger charge is -2.10. The zero-order valence-corrected chi connectivity index (χ0v) is 13.1. The molecule has 19 heavy (non-hydrogen) atoms. The standard InChI is InChI=1S/C13H17BrN4O/c1-5-9-6-11(17(4)16-9)13(19)12-10(14)7-15-18(12)8(2)3/h6-8H,5H2,1-4H3. The van der Waals surface area contributed by atoms with Crippen LogP contribution >= 0.6 is 15.9 Å². The molecular weight excluding hydrogens is 308 g/mol. The summed E-state index contributed by atoms with van der Waals surface area (Å²) in [6.07, 6.45) is 2.47. The van der Waals surface area contributed by atoms with Gasteiger partial charge < -0.3 is 0 Å². The summed E-state index contributed by atoms with van der Waals surface area (Å²) < 4.78 is 4.07. The minimum Gasteiger partial charge on any atom is -0.285 e. The molecule has 2 heterocycles. The second-order valence-corrected chi connectivity index (χ2v) is 5.56. The highest BCUT2D eigenvalue weighted by Crippen LogP contribution is 2.23. The van der Waals surface area contributed by atoms with Crippen molar-refractivity contribution in [3.05, 3.63) is 33.8 Å². The maximum absolute atomic E-state index is 12.7. The largest absolute Gasteiger partial charge is 0.285 e. The lowest BCUT2D eigenvalue weighted by molar-refractivity contribution is 0.101. The maximum Gasteiger partial charge on any atom is 0.230 e. The van der Waals surface area contributed by atoms with Gasteiger partial charge in [-0.05, 0) is 42.3 Å². The minimum absolute atomic E-state index is 0.0622. The number of rotatable bonds is 4. The van der Waals surface area contributed by atoms with E-state index in [-0.39, 0.29) is 11.8 Å². The van der Waals surface area contributed by atoms with Gasteiger partial charge in [-0.3, -0.25) is 14.2 Å². The fraction of sp³-hybridized carbons (Fsp3) is 0.462. The molecule has 0 bridgehead atoms. The van der Waals surface area contributed by atoms with Crippen LogP contribution in [0, 0.1) is 0 Å². The number of halogens is 1. The average molecular weight is 325 g/mol. The molecule has 2 aromatic rings. The van der Waals surface area contributed by atoms with Crippen LogP contribution < -0.4 is 0 Å². The molecule has 2 aromatic heterocycles. The zero-order chi connectivity index (χ0) is 14.2. The van der Waals surface area contributed by atoms with Gasteiger partial charge in [0.15, 0.2) is 0 Å². The Balaban J connectivity index is 2.49. The number of hydrogen-bond acceptors (Lipinski definition) is 3. The third kappa shape index (κ3) is 2.49. The van der Waals surface area contributed by atoms with Gasteiger partial charge in [-0.2, -0.15) is 10.2 Å². The number of ketones is 1. The first-order valence-electron chi connectivity index (χ1n) is 6.26. The summed E-state index contributed by atoms with van der Waals surface area (Å²) in [4.78, 5) is 12.7. The number of aromatic nitrogens is 4. The minimum atomic E-state index is -0.0622. The van der Waals surface area contributed by atoms with Crippen LogP contribution in [-0.2, 0) is 13.5 Å². The molecule has 0 aliphatic rings. The van der Waals surface area contributed by atoms with E-state index in [1.807, 2.05) is 26.8 Å². The summed E-state index contributed by atoms with van der Waals surface area (Å²) in [7, 11) is 1.79. The van der Waals surface area contributed by atoms with Crippen molar-refractivity contribution in [3.8, 4) is 0 Å². The fourth-order valence-electron chi connectivity index (χ4n) is 1.98. The second-order valence-electron chi connectivity index (χ2n) is 4.71. The summed E-state index contributed by atoms with van der Waals surface area (Å²) in [5.41, 5.74) is 2.07. The highest BCUT2D eigenvalue weighted by Gasteiger charge is 2.23. The smallest absolute Gasteiger partial charge is 0.230 e. The molecule has 0 unspecified atom stereocenters. The van der Waals surface area contributed by atoms with E-state index in [0.29, 0.717) is 15.9 Å². The van der Waals surface area contributed by atoms with E-state index in [1.165, 1.54) is 0 Å². The molecule has 6 heteroatoms. The number of hydrogen-bond donors (Lipinski definition) is 0. The Morgan fingerprint density at radius 1 is 1.47 bits per heavy atom. The van der Waals surface area contributed by atoms with Gasteiger partial charge in [-0.25, -0.2) is 0 Å². The topological polar surface area (TPSA) is 52.7 Å². The van der Waals surface area contributed by atoms with Crippen molar-refractivity contribution in [2.24, 2.45) is 7.05 Å². The molecule has 2 rings (SSSR count). The van der Waals surface area contributed by atoms with Crippen molar-refractivity contribution in [2.75, 3.05) is 0 Å². The van der Waals surface area contributed by atoms with Gasteiger partial charge in [-0.15, -0.1) is 0 Å². The lowest BCUT2D eigenvalue weighted by atomic mass is 10.2. The molecule has 0 saturated heterocycles. The van der Waals surface area contributed by atoms with Crippen LogP contribution in [0.1, 0.15) is 48.7 Å². The molecule has 0 aliphatic carbocycles.